The topological polar surface area (TPSA) is 67.5 Å². The van der Waals surface area contributed by atoms with Crippen molar-refractivity contribution in [3.05, 3.63) is 0 Å². The molecule has 0 aromatic heterocycles. The van der Waals surface area contributed by atoms with E-state index in [4.69, 9.17) is 5.73 Å². The van der Waals surface area contributed by atoms with Gasteiger partial charge in [0.2, 0.25) is 0 Å². The molecule has 4 heteroatoms. The first-order valence-electron chi connectivity index (χ1n) is 1.89. The Morgan fingerprint density at radius 2 is 2.71 bits per heavy atom. The van der Waals surface area contributed by atoms with Gasteiger partial charge in [-0.25, -0.2) is 5.43 Å². The van der Waals surface area contributed by atoms with Crippen molar-refractivity contribution in [2.45, 2.75) is 6.04 Å². The minimum atomic E-state index is -0.528. The van der Waals surface area contributed by atoms with Gasteiger partial charge in [0.25, 0.3) is 5.91 Å². The van der Waals surface area contributed by atoms with Gasteiger partial charge in [0.05, 0.1) is 6.21 Å². The maximum absolute atomic E-state index is 10.2. The van der Waals surface area contributed by atoms with Gasteiger partial charge in [-0.1, -0.05) is 0 Å². The van der Waals surface area contributed by atoms with Crippen LogP contribution in [0.2, 0.25) is 0 Å². The fourth-order valence-electron chi connectivity index (χ4n) is 0.323. The average Bonchev–Trinajstić information content (AvgIpc) is 1.91. The molecule has 4 nitrogen and oxygen atoms in total. The Kier molecular flexibility index (Phi) is 0.796. The maximum Gasteiger partial charge on any atom is 0.262 e. The Morgan fingerprint density at radius 3 is 2.86 bits per heavy atom. The summed E-state index contributed by atoms with van der Waals surface area (Å²) < 4.78 is 0. The summed E-state index contributed by atoms with van der Waals surface area (Å²) in [5.41, 5.74) is 7.29. The first-order valence-corrected chi connectivity index (χ1v) is 1.89. The number of amides is 1. The molecule has 7 heavy (non-hydrogen) atoms. The van der Waals surface area contributed by atoms with Crippen LogP contribution in [0.1, 0.15) is 0 Å². The second-order valence-electron chi connectivity index (χ2n) is 1.28. The van der Waals surface area contributed by atoms with E-state index in [1.54, 1.807) is 0 Å². The number of nitrogens with one attached hydrogen (secondary N) is 1. The normalized spacial score (nSPS) is 28.1. The van der Waals surface area contributed by atoms with Crippen molar-refractivity contribution < 1.29 is 4.79 Å². The third-order valence-electron chi connectivity index (χ3n) is 0.713. The fraction of sp³-hybridized carbons (Fsp3) is 0.333. The molecule has 0 bridgehead atoms. The Labute approximate surface area is 40.4 Å². The van der Waals surface area contributed by atoms with Crippen molar-refractivity contribution in [1.29, 1.82) is 0 Å². The van der Waals surface area contributed by atoms with Crippen molar-refractivity contribution in [3.8, 4) is 0 Å². The highest BCUT2D eigenvalue weighted by Crippen LogP contribution is 1.80. The fourth-order valence-corrected chi connectivity index (χ4v) is 0.323. The summed E-state index contributed by atoms with van der Waals surface area (Å²) in [5, 5.41) is 3.40. The van der Waals surface area contributed by atoms with Gasteiger partial charge in [0.1, 0.15) is 6.04 Å². The first kappa shape index (κ1) is 4.26. The Morgan fingerprint density at radius 1 is 2.00 bits per heavy atom. The van der Waals surface area contributed by atoms with Crippen molar-refractivity contribution in [1.82, 2.24) is 5.43 Å². The number of carbonyl (C=O) groups excluding carboxylic acids is 1. The van der Waals surface area contributed by atoms with E-state index in [0.29, 0.717) is 0 Å². The lowest BCUT2D eigenvalue weighted by Gasteiger charge is -1.88. The van der Waals surface area contributed by atoms with E-state index in [0.717, 1.165) is 0 Å². The molecule has 0 spiro atoms. The number of nitrogens with zero attached hydrogens (tertiary/aromatic N) is 1. The molecule has 0 radical (unpaired) electrons. The van der Waals surface area contributed by atoms with Crippen LogP contribution in [-0.4, -0.2) is 18.2 Å². The van der Waals surface area contributed by atoms with Crippen molar-refractivity contribution in [3.63, 3.8) is 0 Å². The molecule has 0 aliphatic carbocycles. The van der Waals surface area contributed by atoms with Crippen LogP contribution in [0, 0.1) is 0 Å². The lowest BCUT2D eigenvalue weighted by molar-refractivity contribution is -0.120. The molecule has 0 saturated heterocycles. The molecule has 0 fully saturated rings. The van der Waals surface area contributed by atoms with Crippen LogP contribution in [0.3, 0.4) is 0 Å². The summed E-state index contributed by atoms with van der Waals surface area (Å²) in [5.74, 6) is -0.236. The lowest BCUT2D eigenvalue weighted by atomic mass is 10.4. The van der Waals surface area contributed by atoms with E-state index in [1.807, 2.05) is 0 Å². The van der Waals surface area contributed by atoms with Gasteiger partial charge in [0, 0.05) is 0 Å². The maximum atomic E-state index is 10.2. The molecule has 0 aromatic carbocycles. The monoisotopic (exact) mass is 99.0 g/mol. The molecule has 1 amide bonds. The SMILES string of the molecule is NC1C=NNC1=O. The van der Waals surface area contributed by atoms with E-state index < -0.39 is 6.04 Å². The highest BCUT2D eigenvalue weighted by Gasteiger charge is 2.13. The summed E-state index contributed by atoms with van der Waals surface area (Å²) in [6, 6.07) is -0.528. The molecule has 1 aliphatic rings. The van der Waals surface area contributed by atoms with E-state index >= 15 is 0 Å². The molecule has 3 N–H and O–H groups in total. The van der Waals surface area contributed by atoms with Gasteiger partial charge in [-0.15, -0.1) is 0 Å². The van der Waals surface area contributed by atoms with Crippen molar-refractivity contribution in [2.75, 3.05) is 0 Å². The zero-order valence-corrected chi connectivity index (χ0v) is 3.59. The molecule has 1 unspecified atom stereocenters. The summed E-state index contributed by atoms with van der Waals surface area (Å²) in [7, 11) is 0. The first-order chi connectivity index (χ1) is 3.30. The van der Waals surface area contributed by atoms with E-state index in [-0.39, 0.29) is 5.91 Å². The molecule has 1 rings (SSSR count). The molecule has 1 heterocycles. The van der Waals surface area contributed by atoms with Crippen LogP contribution in [0.4, 0.5) is 0 Å². The summed E-state index contributed by atoms with van der Waals surface area (Å²) in [6.45, 7) is 0. The second-order valence-corrected chi connectivity index (χ2v) is 1.28. The number of hydrogen-bond acceptors (Lipinski definition) is 3. The quantitative estimate of drug-likeness (QED) is 0.385. The summed E-state index contributed by atoms with van der Waals surface area (Å²) in [4.78, 5) is 10.2. The number of hydrogen-bond donors (Lipinski definition) is 2. The van der Waals surface area contributed by atoms with Crippen LogP contribution >= 0.6 is 0 Å². The van der Waals surface area contributed by atoms with Crippen LogP contribution in [0.5, 0.6) is 0 Å². The van der Waals surface area contributed by atoms with Crippen LogP contribution in [0.25, 0.3) is 0 Å². The van der Waals surface area contributed by atoms with Gasteiger partial charge in [-0.3, -0.25) is 4.79 Å². The van der Waals surface area contributed by atoms with E-state index in [1.165, 1.54) is 6.21 Å². The van der Waals surface area contributed by atoms with Gasteiger partial charge in [-0.05, 0) is 0 Å². The molecule has 1 aliphatic heterocycles. The third kappa shape index (κ3) is 0.592. The largest absolute Gasteiger partial charge is 0.315 e. The molecule has 0 aromatic rings. The standard InChI is InChI=1S/C3H5N3O/c4-2-1-5-6-3(2)7/h1-2H,4H2,(H,6,7). The van der Waals surface area contributed by atoms with Gasteiger partial charge < -0.3 is 5.73 Å². The molecule has 38 valence electrons. The van der Waals surface area contributed by atoms with Crippen LogP contribution < -0.4 is 11.2 Å². The third-order valence-corrected chi connectivity index (χ3v) is 0.713. The minimum absolute atomic E-state index is 0.236. The Balaban J connectivity index is 2.62. The smallest absolute Gasteiger partial charge is 0.262 e. The van der Waals surface area contributed by atoms with Gasteiger partial charge in [-0.2, -0.15) is 5.10 Å². The average molecular weight is 99.1 g/mol. The highest BCUT2D eigenvalue weighted by molar-refractivity contribution is 6.00. The number of nitrogens with two attached hydrogens (primary N) is 1. The zero-order valence-electron chi connectivity index (χ0n) is 3.59. The summed E-state index contributed by atoms with van der Waals surface area (Å²) in [6.07, 6.45) is 1.36. The highest BCUT2D eigenvalue weighted by atomic mass is 16.2. The van der Waals surface area contributed by atoms with Crippen molar-refractivity contribution >= 4 is 12.1 Å². The van der Waals surface area contributed by atoms with Crippen LogP contribution in [0.15, 0.2) is 5.10 Å². The summed E-state index contributed by atoms with van der Waals surface area (Å²) >= 11 is 0. The Hall–Kier alpha value is -0.900. The van der Waals surface area contributed by atoms with Gasteiger partial charge in [0.15, 0.2) is 0 Å². The predicted octanol–water partition coefficient (Wildman–Crippen LogP) is -1.57. The number of rotatable bonds is 0. The number of hydrazone groups is 1. The predicted molar refractivity (Wildman–Crippen MR) is 24.6 cm³/mol. The van der Waals surface area contributed by atoms with Crippen molar-refractivity contribution in [2.24, 2.45) is 10.8 Å². The Bertz CT molecular complexity index is 119. The number of carbonyl (C=O) groups is 1. The minimum Gasteiger partial charge on any atom is -0.315 e. The van der Waals surface area contributed by atoms with Gasteiger partial charge >= 0.3 is 0 Å². The zero-order chi connectivity index (χ0) is 5.28. The molecular formula is C3H5N3O. The molecule has 0 saturated carbocycles. The second kappa shape index (κ2) is 1.31. The van der Waals surface area contributed by atoms with E-state index in [2.05, 4.69) is 10.5 Å². The molecule has 1 atom stereocenters. The molecular weight excluding hydrogens is 94.1 g/mol. The lowest BCUT2D eigenvalue weighted by Crippen LogP contribution is -2.32. The van der Waals surface area contributed by atoms with Crippen LogP contribution in [-0.2, 0) is 4.79 Å². The van der Waals surface area contributed by atoms with E-state index in [9.17, 15) is 4.79 Å².